The molecule has 26 heavy (non-hydrogen) atoms. The van der Waals surface area contributed by atoms with E-state index in [1.807, 2.05) is 24.4 Å². The van der Waals surface area contributed by atoms with Crippen LogP contribution in [0.15, 0.2) is 91.1 Å². The molecule has 0 amide bonds. The molecule has 0 aliphatic carbocycles. The standard InChI is InChI=1S/C23H15ClNP/c24-26-22-13-2-1-9-19(22)20-11-6-10-18(23(20)26)16-7-5-8-17(15-16)21-12-3-4-14-25-21/h1-15H. The molecule has 0 radical (unpaired) electrons. The van der Waals surface area contributed by atoms with Gasteiger partial charge in [0.25, 0.3) is 0 Å². The SMILES string of the molecule is Clp1c2ccccc2c2cccc(-c3cccc(-c4ccccn4)c3)c21. The Balaban J connectivity index is 1.78. The van der Waals surface area contributed by atoms with Crippen molar-refractivity contribution < 1.29 is 0 Å². The highest BCUT2D eigenvalue weighted by Crippen LogP contribution is 2.55. The first-order valence-corrected chi connectivity index (χ1v) is 10.8. The first kappa shape index (κ1) is 15.6. The summed E-state index contributed by atoms with van der Waals surface area (Å²) in [6.45, 7) is -0.848. The summed E-state index contributed by atoms with van der Waals surface area (Å²) in [4.78, 5) is 4.48. The van der Waals surface area contributed by atoms with Gasteiger partial charge in [-0.15, -0.1) is 0 Å². The Morgan fingerprint density at radius 3 is 2.35 bits per heavy atom. The molecule has 124 valence electrons. The van der Waals surface area contributed by atoms with Crippen LogP contribution in [0.1, 0.15) is 0 Å². The molecule has 3 aromatic carbocycles. The fourth-order valence-electron chi connectivity index (χ4n) is 3.58. The normalized spacial score (nSPS) is 12.0. The highest BCUT2D eigenvalue weighted by atomic mass is 35.7. The number of halogens is 1. The summed E-state index contributed by atoms with van der Waals surface area (Å²) in [7, 11) is 0. The fraction of sp³-hybridized carbons (Fsp3) is 0. The van der Waals surface area contributed by atoms with Gasteiger partial charge in [-0.25, -0.2) is 0 Å². The molecular weight excluding hydrogens is 357 g/mol. The van der Waals surface area contributed by atoms with Crippen LogP contribution in [0.5, 0.6) is 0 Å². The smallest absolute Gasteiger partial charge is 0.0702 e. The molecule has 1 atom stereocenters. The molecule has 5 rings (SSSR count). The zero-order chi connectivity index (χ0) is 17.5. The van der Waals surface area contributed by atoms with Crippen molar-refractivity contribution in [1.29, 1.82) is 0 Å². The molecule has 1 unspecified atom stereocenters. The average molecular weight is 372 g/mol. The maximum absolute atomic E-state index is 6.94. The fourth-order valence-corrected chi connectivity index (χ4v) is 6.25. The van der Waals surface area contributed by atoms with Gasteiger partial charge in [-0.2, -0.15) is 0 Å². The molecule has 0 fully saturated rings. The Labute approximate surface area is 157 Å². The molecule has 0 bridgehead atoms. The third-order valence-corrected chi connectivity index (χ3v) is 7.51. The quantitative estimate of drug-likeness (QED) is 0.309. The average Bonchev–Trinajstić information content (AvgIpc) is 3.02. The van der Waals surface area contributed by atoms with E-state index in [2.05, 4.69) is 71.7 Å². The van der Waals surface area contributed by atoms with E-state index in [0.29, 0.717) is 0 Å². The minimum Gasteiger partial charge on any atom is -0.256 e. The van der Waals surface area contributed by atoms with Gasteiger partial charge in [0, 0.05) is 22.0 Å². The summed E-state index contributed by atoms with van der Waals surface area (Å²) in [5.41, 5.74) is 4.51. The van der Waals surface area contributed by atoms with Crippen LogP contribution in [0, 0.1) is 0 Å². The Morgan fingerprint density at radius 1 is 0.692 bits per heavy atom. The van der Waals surface area contributed by atoms with Gasteiger partial charge in [-0.05, 0) is 53.1 Å². The van der Waals surface area contributed by atoms with Gasteiger partial charge in [0.2, 0.25) is 0 Å². The van der Waals surface area contributed by atoms with Crippen LogP contribution in [-0.4, -0.2) is 4.98 Å². The zero-order valence-electron chi connectivity index (χ0n) is 13.9. The molecule has 0 aliphatic heterocycles. The predicted octanol–water partition coefficient (Wildman–Crippen LogP) is 7.71. The van der Waals surface area contributed by atoms with Gasteiger partial charge in [0.15, 0.2) is 0 Å². The predicted molar refractivity (Wildman–Crippen MR) is 114 cm³/mol. The van der Waals surface area contributed by atoms with E-state index in [1.54, 1.807) is 0 Å². The maximum atomic E-state index is 6.94. The largest absolute Gasteiger partial charge is 0.256 e. The van der Waals surface area contributed by atoms with E-state index in [4.69, 9.17) is 11.2 Å². The topological polar surface area (TPSA) is 12.9 Å². The van der Waals surface area contributed by atoms with Crippen molar-refractivity contribution in [2.24, 2.45) is 0 Å². The summed E-state index contributed by atoms with van der Waals surface area (Å²) in [5.74, 6) is 0. The van der Waals surface area contributed by atoms with Crippen molar-refractivity contribution in [2.45, 2.75) is 0 Å². The highest BCUT2D eigenvalue weighted by Gasteiger charge is 2.14. The highest BCUT2D eigenvalue weighted by molar-refractivity contribution is 7.86. The van der Waals surface area contributed by atoms with E-state index < -0.39 is 6.89 Å². The maximum Gasteiger partial charge on any atom is 0.0702 e. The Bertz CT molecular complexity index is 1240. The van der Waals surface area contributed by atoms with Crippen molar-refractivity contribution in [3.8, 4) is 22.4 Å². The van der Waals surface area contributed by atoms with E-state index in [0.717, 1.165) is 11.3 Å². The number of hydrogen-bond acceptors (Lipinski definition) is 1. The molecule has 0 saturated heterocycles. The second kappa shape index (κ2) is 6.29. The van der Waals surface area contributed by atoms with E-state index in [9.17, 15) is 0 Å². The summed E-state index contributed by atoms with van der Waals surface area (Å²) in [6.07, 6.45) is 1.83. The summed E-state index contributed by atoms with van der Waals surface area (Å²) in [6, 6.07) is 29.5. The minimum atomic E-state index is -0.848. The van der Waals surface area contributed by atoms with Gasteiger partial charge in [0.05, 0.1) is 5.69 Å². The number of rotatable bonds is 2. The molecule has 5 aromatic rings. The summed E-state index contributed by atoms with van der Waals surface area (Å²) in [5, 5.41) is 5.06. The zero-order valence-corrected chi connectivity index (χ0v) is 15.6. The molecule has 2 heterocycles. The molecule has 0 N–H and O–H groups in total. The van der Waals surface area contributed by atoms with Gasteiger partial charge >= 0.3 is 0 Å². The van der Waals surface area contributed by atoms with Crippen LogP contribution in [0.3, 0.4) is 0 Å². The number of benzene rings is 3. The van der Waals surface area contributed by atoms with Crippen LogP contribution in [0.2, 0.25) is 0 Å². The van der Waals surface area contributed by atoms with Crippen LogP contribution >= 0.6 is 18.1 Å². The van der Waals surface area contributed by atoms with Gasteiger partial charge in [-0.3, -0.25) is 4.98 Å². The molecule has 0 spiro atoms. The Morgan fingerprint density at radius 2 is 1.46 bits per heavy atom. The van der Waals surface area contributed by atoms with E-state index >= 15 is 0 Å². The monoisotopic (exact) mass is 371 g/mol. The Kier molecular flexibility index (Phi) is 3.78. The lowest BCUT2D eigenvalue weighted by molar-refractivity contribution is 1.33. The second-order valence-corrected chi connectivity index (χ2v) is 8.80. The number of fused-ring (bicyclic) bond motifs is 3. The van der Waals surface area contributed by atoms with Crippen molar-refractivity contribution >= 4 is 39.1 Å². The van der Waals surface area contributed by atoms with Gasteiger partial charge in [-0.1, -0.05) is 71.9 Å². The van der Waals surface area contributed by atoms with Crippen molar-refractivity contribution in [1.82, 2.24) is 4.98 Å². The van der Waals surface area contributed by atoms with Crippen LogP contribution in [0.4, 0.5) is 0 Å². The van der Waals surface area contributed by atoms with Crippen LogP contribution in [-0.2, 0) is 0 Å². The lowest BCUT2D eigenvalue weighted by Gasteiger charge is -2.08. The number of pyridine rings is 1. The number of nitrogens with zero attached hydrogens (tertiary/aromatic N) is 1. The second-order valence-electron chi connectivity index (χ2n) is 6.30. The van der Waals surface area contributed by atoms with Crippen LogP contribution in [0.25, 0.3) is 43.4 Å². The van der Waals surface area contributed by atoms with Crippen LogP contribution < -0.4 is 0 Å². The van der Waals surface area contributed by atoms with Crippen molar-refractivity contribution in [3.63, 3.8) is 0 Å². The lowest BCUT2D eigenvalue weighted by Crippen LogP contribution is -1.84. The number of aromatic nitrogens is 1. The summed E-state index contributed by atoms with van der Waals surface area (Å²) >= 11 is 6.94. The van der Waals surface area contributed by atoms with Gasteiger partial charge < -0.3 is 0 Å². The lowest BCUT2D eigenvalue weighted by atomic mass is 10.00. The first-order valence-electron chi connectivity index (χ1n) is 8.53. The third-order valence-electron chi connectivity index (χ3n) is 4.77. The van der Waals surface area contributed by atoms with E-state index in [1.165, 1.54) is 32.1 Å². The third kappa shape index (κ3) is 2.44. The molecule has 2 aromatic heterocycles. The minimum absolute atomic E-state index is 0.848. The van der Waals surface area contributed by atoms with Crippen molar-refractivity contribution in [3.05, 3.63) is 91.1 Å². The molecule has 0 saturated carbocycles. The van der Waals surface area contributed by atoms with Gasteiger partial charge in [0.1, 0.15) is 0 Å². The van der Waals surface area contributed by atoms with Crippen molar-refractivity contribution in [2.75, 3.05) is 0 Å². The van der Waals surface area contributed by atoms with E-state index in [-0.39, 0.29) is 0 Å². The number of hydrogen-bond donors (Lipinski definition) is 0. The summed E-state index contributed by atoms with van der Waals surface area (Å²) < 4.78 is 0. The first-order chi connectivity index (χ1) is 12.8. The molecular formula is C23H15ClNP. The Hall–Kier alpha value is -2.60. The molecule has 3 heteroatoms. The molecule has 0 aliphatic rings. The molecule has 1 nitrogen and oxygen atoms in total.